The van der Waals surface area contributed by atoms with Gasteiger partial charge in [0.15, 0.2) is 5.82 Å². The minimum Gasteiger partial charge on any atom is -0.384 e. The Morgan fingerprint density at radius 1 is 1.15 bits per heavy atom. The Morgan fingerprint density at radius 2 is 2.05 bits per heavy atom. The number of aromatic nitrogens is 2. The molecule has 1 aromatic heterocycles. The second-order valence-electron chi connectivity index (χ2n) is 5.84. The molecule has 20 heavy (non-hydrogen) atoms. The quantitative estimate of drug-likeness (QED) is 0.902. The van der Waals surface area contributed by atoms with Crippen LogP contribution >= 0.6 is 0 Å². The molecule has 1 aliphatic heterocycles. The number of rotatable bonds is 2. The second-order valence-corrected chi connectivity index (χ2v) is 5.84. The normalized spacial score (nSPS) is 18.8. The molecule has 1 saturated carbocycles. The van der Waals surface area contributed by atoms with Gasteiger partial charge in [0.2, 0.25) is 0 Å². The second kappa shape index (κ2) is 4.93. The summed E-state index contributed by atoms with van der Waals surface area (Å²) in [6.45, 7) is 1.02. The first-order valence-corrected chi connectivity index (χ1v) is 7.61. The molecule has 0 atom stereocenters. The van der Waals surface area contributed by atoms with Crippen LogP contribution in [0.1, 0.15) is 49.4 Å². The molecular formula is C16H19N3O. The van der Waals surface area contributed by atoms with Crippen molar-refractivity contribution in [3.05, 3.63) is 29.6 Å². The van der Waals surface area contributed by atoms with Gasteiger partial charge in [-0.15, -0.1) is 0 Å². The lowest BCUT2D eigenvalue weighted by Gasteiger charge is -2.17. The maximum atomic E-state index is 5.48. The number of fused-ring (bicyclic) bond motifs is 1. The van der Waals surface area contributed by atoms with Gasteiger partial charge in [-0.2, -0.15) is 4.98 Å². The van der Waals surface area contributed by atoms with Gasteiger partial charge in [0.05, 0.1) is 0 Å². The van der Waals surface area contributed by atoms with E-state index in [-0.39, 0.29) is 0 Å². The minimum atomic E-state index is 0.498. The smallest absolute Gasteiger partial charge is 0.257 e. The van der Waals surface area contributed by atoms with Gasteiger partial charge in [0.1, 0.15) is 0 Å². The third-order valence-electron chi connectivity index (χ3n) is 4.47. The summed E-state index contributed by atoms with van der Waals surface area (Å²) in [7, 11) is 0. The summed E-state index contributed by atoms with van der Waals surface area (Å²) >= 11 is 0. The molecule has 2 aliphatic rings. The molecule has 0 bridgehead atoms. The van der Waals surface area contributed by atoms with Crippen molar-refractivity contribution in [1.82, 2.24) is 10.1 Å². The Hall–Kier alpha value is -1.84. The molecule has 2 heterocycles. The highest BCUT2D eigenvalue weighted by Gasteiger charge is 2.21. The molecule has 2 aromatic rings. The molecule has 1 N–H and O–H groups in total. The summed E-state index contributed by atoms with van der Waals surface area (Å²) in [6, 6.07) is 6.35. The molecule has 0 unspecified atom stereocenters. The zero-order valence-electron chi connectivity index (χ0n) is 11.6. The van der Waals surface area contributed by atoms with Gasteiger partial charge in [-0.25, -0.2) is 0 Å². The summed E-state index contributed by atoms with van der Waals surface area (Å²) in [5.41, 5.74) is 3.63. The van der Waals surface area contributed by atoms with Crippen LogP contribution in [0.25, 0.3) is 11.5 Å². The number of nitrogens with zero attached hydrogens (tertiary/aromatic N) is 2. The molecule has 4 nitrogen and oxygen atoms in total. The zero-order chi connectivity index (χ0) is 13.4. The summed E-state index contributed by atoms with van der Waals surface area (Å²) in [5, 5.41) is 7.58. The average Bonchev–Trinajstić information content (AvgIpc) is 3.16. The Bertz CT molecular complexity index is 614. The largest absolute Gasteiger partial charge is 0.384 e. The van der Waals surface area contributed by atoms with Gasteiger partial charge in [-0.3, -0.25) is 0 Å². The molecular weight excluding hydrogens is 250 g/mol. The van der Waals surface area contributed by atoms with E-state index in [1.54, 1.807) is 0 Å². The van der Waals surface area contributed by atoms with Crippen molar-refractivity contribution in [3.63, 3.8) is 0 Å². The van der Waals surface area contributed by atoms with E-state index in [4.69, 9.17) is 4.52 Å². The van der Waals surface area contributed by atoms with Crippen molar-refractivity contribution in [3.8, 4) is 11.5 Å². The van der Waals surface area contributed by atoms with E-state index in [1.165, 1.54) is 43.4 Å². The standard InChI is InChI=1S/C16H19N3O/c1-2-4-11(5-3-1)15-18-16(20-19-15)13-6-7-14-12(10-13)8-9-17-14/h6-7,10-11,17H,1-5,8-9H2. The topological polar surface area (TPSA) is 51.0 Å². The van der Waals surface area contributed by atoms with Crippen LogP contribution in [0.4, 0.5) is 5.69 Å². The predicted octanol–water partition coefficient (Wildman–Crippen LogP) is 3.75. The van der Waals surface area contributed by atoms with Crippen LogP contribution < -0.4 is 5.32 Å². The number of hydrogen-bond acceptors (Lipinski definition) is 4. The molecule has 0 saturated heterocycles. The van der Waals surface area contributed by atoms with E-state index in [1.807, 2.05) is 0 Å². The fraction of sp³-hybridized carbons (Fsp3) is 0.500. The molecule has 1 aliphatic carbocycles. The van der Waals surface area contributed by atoms with Crippen molar-refractivity contribution in [1.29, 1.82) is 0 Å². The highest BCUT2D eigenvalue weighted by atomic mass is 16.5. The van der Waals surface area contributed by atoms with E-state index in [0.29, 0.717) is 11.8 Å². The van der Waals surface area contributed by atoms with Crippen molar-refractivity contribution in [2.75, 3.05) is 11.9 Å². The van der Waals surface area contributed by atoms with Crippen molar-refractivity contribution in [2.24, 2.45) is 0 Å². The summed E-state index contributed by atoms with van der Waals surface area (Å²) < 4.78 is 5.48. The van der Waals surface area contributed by atoms with Crippen molar-refractivity contribution >= 4 is 5.69 Å². The van der Waals surface area contributed by atoms with Crippen LogP contribution in [-0.4, -0.2) is 16.7 Å². The van der Waals surface area contributed by atoms with E-state index < -0.39 is 0 Å². The SMILES string of the molecule is c1cc2c(cc1-c1nc(C3CCCCC3)no1)CCN2. The monoisotopic (exact) mass is 269 g/mol. The molecule has 0 radical (unpaired) electrons. The molecule has 0 spiro atoms. The molecule has 4 rings (SSSR count). The van der Waals surface area contributed by atoms with Gasteiger partial charge < -0.3 is 9.84 Å². The lowest BCUT2D eigenvalue weighted by molar-refractivity contribution is 0.385. The van der Waals surface area contributed by atoms with Gasteiger partial charge in [0.25, 0.3) is 5.89 Å². The fourth-order valence-electron chi connectivity index (χ4n) is 3.32. The molecule has 104 valence electrons. The van der Waals surface area contributed by atoms with Crippen LogP contribution in [0.2, 0.25) is 0 Å². The first-order chi connectivity index (χ1) is 9.90. The van der Waals surface area contributed by atoms with Gasteiger partial charge in [0, 0.05) is 23.7 Å². The Balaban J connectivity index is 1.61. The van der Waals surface area contributed by atoms with Crippen LogP contribution in [0.3, 0.4) is 0 Å². The third-order valence-corrected chi connectivity index (χ3v) is 4.47. The summed E-state index contributed by atoms with van der Waals surface area (Å²) in [5.74, 6) is 2.07. The zero-order valence-corrected chi connectivity index (χ0v) is 11.6. The Labute approximate surface area is 118 Å². The highest BCUT2D eigenvalue weighted by Crippen LogP contribution is 2.33. The van der Waals surface area contributed by atoms with Crippen LogP contribution in [0.15, 0.2) is 22.7 Å². The Kier molecular flexibility index (Phi) is 2.94. The minimum absolute atomic E-state index is 0.498. The van der Waals surface area contributed by atoms with Gasteiger partial charge in [-0.1, -0.05) is 24.4 Å². The van der Waals surface area contributed by atoms with E-state index in [0.717, 1.165) is 24.4 Å². The lowest BCUT2D eigenvalue weighted by Crippen LogP contribution is -2.06. The van der Waals surface area contributed by atoms with Crippen molar-refractivity contribution < 1.29 is 4.52 Å². The highest BCUT2D eigenvalue weighted by molar-refractivity contribution is 5.64. The average molecular weight is 269 g/mol. The maximum Gasteiger partial charge on any atom is 0.257 e. The van der Waals surface area contributed by atoms with Gasteiger partial charge in [-0.05, 0) is 43.0 Å². The van der Waals surface area contributed by atoms with Crippen LogP contribution in [-0.2, 0) is 6.42 Å². The molecule has 4 heteroatoms. The number of nitrogens with one attached hydrogen (secondary N) is 1. The predicted molar refractivity (Wildman–Crippen MR) is 77.8 cm³/mol. The molecule has 0 amide bonds. The molecule has 1 fully saturated rings. The fourth-order valence-corrected chi connectivity index (χ4v) is 3.32. The van der Waals surface area contributed by atoms with E-state index >= 15 is 0 Å². The summed E-state index contributed by atoms with van der Waals surface area (Å²) in [6.07, 6.45) is 7.41. The maximum absolute atomic E-state index is 5.48. The number of anilines is 1. The molecule has 1 aromatic carbocycles. The summed E-state index contributed by atoms with van der Waals surface area (Å²) in [4.78, 5) is 4.63. The number of hydrogen-bond donors (Lipinski definition) is 1. The third kappa shape index (κ3) is 2.09. The lowest BCUT2D eigenvalue weighted by atomic mass is 9.89. The first-order valence-electron chi connectivity index (χ1n) is 7.61. The Morgan fingerprint density at radius 3 is 2.95 bits per heavy atom. The first kappa shape index (κ1) is 11.9. The van der Waals surface area contributed by atoms with E-state index in [9.17, 15) is 0 Å². The van der Waals surface area contributed by atoms with Gasteiger partial charge >= 0.3 is 0 Å². The van der Waals surface area contributed by atoms with Crippen LogP contribution in [0.5, 0.6) is 0 Å². The van der Waals surface area contributed by atoms with E-state index in [2.05, 4.69) is 33.7 Å². The van der Waals surface area contributed by atoms with Crippen LogP contribution in [0, 0.1) is 0 Å². The van der Waals surface area contributed by atoms with Crippen molar-refractivity contribution in [2.45, 2.75) is 44.4 Å². The number of benzene rings is 1.